The van der Waals surface area contributed by atoms with E-state index in [1.165, 1.54) is 12.7 Å². The predicted molar refractivity (Wildman–Crippen MR) is 77.0 cm³/mol. The second-order valence-corrected chi connectivity index (χ2v) is 6.53. The van der Waals surface area contributed by atoms with E-state index in [1.807, 2.05) is 6.07 Å². The van der Waals surface area contributed by atoms with Crippen molar-refractivity contribution in [3.8, 4) is 0 Å². The number of ether oxygens (including phenoxy) is 1. The van der Waals surface area contributed by atoms with Gasteiger partial charge in [-0.05, 0) is 17.9 Å². The van der Waals surface area contributed by atoms with E-state index in [1.54, 1.807) is 0 Å². The first kappa shape index (κ1) is 13.1. The Morgan fingerprint density at radius 3 is 2.79 bits per heavy atom. The zero-order valence-corrected chi connectivity index (χ0v) is 12.5. The molecule has 1 aliphatic heterocycles. The third kappa shape index (κ3) is 2.32. The van der Waals surface area contributed by atoms with Crippen molar-refractivity contribution in [3.63, 3.8) is 0 Å². The van der Waals surface area contributed by atoms with Crippen LogP contribution in [0.3, 0.4) is 0 Å². The van der Waals surface area contributed by atoms with Crippen LogP contribution in [-0.2, 0) is 16.1 Å². The average Bonchev–Trinajstić information content (AvgIpc) is 2.91. The van der Waals surface area contributed by atoms with E-state index >= 15 is 0 Å². The van der Waals surface area contributed by atoms with E-state index in [0.717, 1.165) is 19.5 Å². The summed E-state index contributed by atoms with van der Waals surface area (Å²) in [5, 5.41) is 0. The Morgan fingerprint density at radius 2 is 2.16 bits per heavy atom. The third-order valence-corrected chi connectivity index (χ3v) is 5.66. The number of piperidine rings is 1. The van der Waals surface area contributed by atoms with E-state index in [-0.39, 0.29) is 17.9 Å². The summed E-state index contributed by atoms with van der Waals surface area (Å²) in [5.74, 6) is 0.532. The molecule has 0 N–H and O–H groups in total. The van der Waals surface area contributed by atoms with Gasteiger partial charge < -0.3 is 4.74 Å². The zero-order chi connectivity index (χ0) is 13.4. The molecule has 1 saturated heterocycles. The number of carbonyl (C=O) groups excluding carboxylic acids is 1. The van der Waals surface area contributed by atoms with Gasteiger partial charge in [0.15, 0.2) is 0 Å². The Labute approximate surface area is 122 Å². The summed E-state index contributed by atoms with van der Waals surface area (Å²) in [6, 6.07) is 10.7. The fourth-order valence-electron chi connectivity index (χ4n) is 3.53. The molecular formula is C15H18BrNO2. The van der Waals surface area contributed by atoms with Crippen LogP contribution in [0.1, 0.15) is 12.0 Å². The molecule has 1 heterocycles. The number of rotatable bonds is 3. The second kappa shape index (κ2) is 5.25. The molecule has 2 aliphatic rings. The van der Waals surface area contributed by atoms with E-state index in [4.69, 9.17) is 4.74 Å². The highest BCUT2D eigenvalue weighted by atomic mass is 79.9. The molecule has 19 heavy (non-hydrogen) atoms. The van der Waals surface area contributed by atoms with Crippen molar-refractivity contribution in [1.29, 1.82) is 0 Å². The van der Waals surface area contributed by atoms with Crippen molar-refractivity contribution in [2.75, 3.05) is 13.7 Å². The number of halogens is 1. The molecule has 0 aromatic heterocycles. The number of esters is 1. The van der Waals surface area contributed by atoms with Crippen molar-refractivity contribution < 1.29 is 9.53 Å². The Balaban J connectivity index is 1.76. The largest absolute Gasteiger partial charge is 0.469 e. The van der Waals surface area contributed by atoms with Crippen molar-refractivity contribution in [2.24, 2.45) is 11.8 Å². The maximum absolute atomic E-state index is 11.9. The van der Waals surface area contributed by atoms with Crippen LogP contribution in [-0.4, -0.2) is 35.4 Å². The maximum Gasteiger partial charge on any atom is 0.310 e. The first-order valence-corrected chi connectivity index (χ1v) is 7.62. The Hall–Kier alpha value is -0.870. The summed E-state index contributed by atoms with van der Waals surface area (Å²) in [6.07, 6.45) is 0.957. The van der Waals surface area contributed by atoms with Gasteiger partial charge >= 0.3 is 5.97 Å². The highest BCUT2D eigenvalue weighted by Crippen LogP contribution is 2.46. The molecule has 2 bridgehead atoms. The van der Waals surface area contributed by atoms with Crippen molar-refractivity contribution in [2.45, 2.75) is 23.8 Å². The van der Waals surface area contributed by atoms with Crippen LogP contribution in [0.15, 0.2) is 30.3 Å². The van der Waals surface area contributed by atoms with Gasteiger partial charge in [-0.25, -0.2) is 0 Å². The van der Waals surface area contributed by atoms with Gasteiger partial charge in [-0.15, -0.1) is 0 Å². The summed E-state index contributed by atoms with van der Waals surface area (Å²) in [7, 11) is 1.49. The molecule has 3 rings (SSSR count). The average molecular weight is 324 g/mol. The first-order chi connectivity index (χ1) is 9.20. The number of hydrogen-bond acceptors (Lipinski definition) is 3. The van der Waals surface area contributed by atoms with Crippen molar-refractivity contribution >= 4 is 21.9 Å². The van der Waals surface area contributed by atoms with E-state index in [9.17, 15) is 4.79 Å². The molecule has 1 aromatic rings. The lowest BCUT2D eigenvalue weighted by molar-refractivity contribution is -0.148. The number of fused-ring (bicyclic) bond motifs is 2. The molecule has 1 saturated carbocycles. The minimum atomic E-state index is -0.0605. The van der Waals surface area contributed by atoms with E-state index < -0.39 is 0 Å². The molecule has 4 atom stereocenters. The fourth-order valence-corrected chi connectivity index (χ4v) is 4.61. The minimum Gasteiger partial charge on any atom is -0.469 e. The highest BCUT2D eigenvalue weighted by Gasteiger charge is 2.54. The zero-order valence-electron chi connectivity index (χ0n) is 11.0. The van der Waals surface area contributed by atoms with Gasteiger partial charge in [-0.2, -0.15) is 0 Å². The van der Waals surface area contributed by atoms with Gasteiger partial charge in [0, 0.05) is 24.0 Å². The number of nitrogens with zero attached hydrogens (tertiary/aromatic N) is 1. The highest BCUT2D eigenvalue weighted by molar-refractivity contribution is 9.09. The maximum atomic E-state index is 11.9. The number of methoxy groups -OCH3 is 1. The molecule has 4 heteroatoms. The van der Waals surface area contributed by atoms with Crippen LogP contribution in [0, 0.1) is 11.8 Å². The second-order valence-electron chi connectivity index (χ2n) is 5.48. The van der Waals surface area contributed by atoms with Gasteiger partial charge in [0.1, 0.15) is 0 Å². The fraction of sp³-hybridized carbons (Fsp3) is 0.533. The summed E-state index contributed by atoms with van der Waals surface area (Å²) in [4.78, 5) is 14.7. The molecule has 1 aliphatic carbocycles. The van der Waals surface area contributed by atoms with Gasteiger partial charge in [-0.1, -0.05) is 46.3 Å². The number of carbonyl (C=O) groups is 1. The normalized spacial score (nSPS) is 33.6. The van der Waals surface area contributed by atoms with Gasteiger partial charge in [0.25, 0.3) is 0 Å². The lowest BCUT2D eigenvalue weighted by Crippen LogP contribution is -2.42. The van der Waals surface area contributed by atoms with Gasteiger partial charge in [-0.3, -0.25) is 9.69 Å². The topological polar surface area (TPSA) is 29.5 Å². The smallest absolute Gasteiger partial charge is 0.310 e. The predicted octanol–water partition coefficient (Wildman–Crippen LogP) is 2.44. The molecule has 0 amide bonds. The molecule has 1 aromatic carbocycles. The standard InChI is InChI=1S/C15H18BrNO2/c1-19-15(18)12-7-11-9-17(14(12)13(11)16)8-10-5-3-2-4-6-10/h2-6,11-14H,7-9H2,1H3/t11-,12-,13+,14-/m1/s1. The number of benzene rings is 1. The van der Waals surface area contributed by atoms with Gasteiger partial charge in [0.2, 0.25) is 0 Å². The van der Waals surface area contributed by atoms with Crippen LogP contribution in [0.25, 0.3) is 0 Å². The van der Waals surface area contributed by atoms with Gasteiger partial charge in [0.05, 0.1) is 13.0 Å². The molecule has 3 nitrogen and oxygen atoms in total. The summed E-state index contributed by atoms with van der Waals surface area (Å²) in [5.41, 5.74) is 1.30. The third-order valence-electron chi connectivity index (χ3n) is 4.37. The summed E-state index contributed by atoms with van der Waals surface area (Å²) >= 11 is 3.77. The van der Waals surface area contributed by atoms with Crippen LogP contribution in [0.4, 0.5) is 0 Å². The number of hydrogen-bond donors (Lipinski definition) is 0. The van der Waals surface area contributed by atoms with Crippen molar-refractivity contribution in [3.05, 3.63) is 35.9 Å². The Morgan fingerprint density at radius 1 is 1.42 bits per heavy atom. The monoisotopic (exact) mass is 323 g/mol. The Kier molecular flexibility index (Phi) is 3.63. The van der Waals surface area contributed by atoms with E-state index in [2.05, 4.69) is 45.1 Å². The lowest BCUT2D eigenvalue weighted by Gasteiger charge is -2.31. The molecule has 0 radical (unpaired) electrons. The molecular weight excluding hydrogens is 306 g/mol. The van der Waals surface area contributed by atoms with E-state index in [0.29, 0.717) is 10.7 Å². The SMILES string of the molecule is COC(=O)[C@@H]1C[C@@H]2CN(Cc3ccccc3)[C@H]1[C@H]2Br. The minimum absolute atomic E-state index is 0.0248. The first-order valence-electron chi connectivity index (χ1n) is 6.70. The lowest BCUT2D eigenvalue weighted by atomic mass is 9.98. The summed E-state index contributed by atoms with van der Waals surface area (Å²) < 4.78 is 4.95. The molecule has 2 fully saturated rings. The number of likely N-dealkylation sites (tertiary alicyclic amines) is 1. The van der Waals surface area contributed by atoms with Crippen molar-refractivity contribution in [1.82, 2.24) is 4.90 Å². The van der Waals surface area contributed by atoms with Crippen LogP contribution < -0.4 is 0 Å². The molecule has 102 valence electrons. The van der Waals surface area contributed by atoms with Crippen LogP contribution >= 0.6 is 15.9 Å². The quantitative estimate of drug-likeness (QED) is 0.632. The molecule has 0 unspecified atom stereocenters. The molecule has 0 spiro atoms. The Bertz CT molecular complexity index is 464. The van der Waals surface area contributed by atoms with Crippen LogP contribution in [0.5, 0.6) is 0 Å². The summed E-state index contributed by atoms with van der Waals surface area (Å²) in [6.45, 7) is 1.99. The van der Waals surface area contributed by atoms with Crippen LogP contribution in [0.2, 0.25) is 0 Å². The number of alkyl halides is 1.